The summed E-state index contributed by atoms with van der Waals surface area (Å²) in [5.74, 6) is -0.104. The van der Waals surface area contributed by atoms with Crippen molar-refractivity contribution in [3.63, 3.8) is 0 Å². The lowest BCUT2D eigenvalue weighted by molar-refractivity contribution is -0.00883. The maximum atomic E-state index is 12.0. The summed E-state index contributed by atoms with van der Waals surface area (Å²) < 4.78 is 34.6. The minimum absolute atomic E-state index is 0.0241. The van der Waals surface area contributed by atoms with E-state index in [1.165, 1.54) is 0 Å². The van der Waals surface area contributed by atoms with Gasteiger partial charge in [-0.2, -0.15) is 0 Å². The molecule has 0 spiro atoms. The van der Waals surface area contributed by atoms with Gasteiger partial charge in [0.25, 0.3) is 0 Å². The van der Waals surface area contributed by atoms with Crippen molar-refractivity contribution in [2.75, 3.05) is 43.1 Å². The van der Waals surface area contributed by atoms with Crippen LogP contribution < -0.4 is 5.32 Å². The molecule has 23 heavy (non-hydrogen) atoms. The summed E-state index contributed by atoms with van der Waals surface area (Å²) in [6.45, 7) is 2.44. The molecule has 126 valence electrons. The molecular weight excluding hydrogens is 320 g/mol. The zero-order chi connectivity index (χ0) is 16.3. The first-order valence-electron chi connectivity index (χ1n) is 7.58. The summed E-state index contributed by atoms with van der Waals surface area (Å²) in [4.78, 5) is 14.1. The first kappa shape index (κ1) is 16.2. The second-order valence-electron chi connectivity index (χ2n) is 5.73. The van der Waals surface area contributed by atoms with E-state index in [0.717, 1.165) is 0 Å². The second kappa shape index (κ2) is 6.86. The first-order valence-corrected chi connectivity index (χ1v) is 9.40. The lowest BCUT2D eigenvalue weighted by Gasteiger charge is -2.34. The highest BCUT2D eigenvalue weighted by atomic mass is 32.2. The van der Waals surface area contributed by atoms with Crippen LogP contribution in [0.5, 0.6) is 0 Å². The number of ether oxygens (including phenoxy) is 2. The van der Waals surface area contributed by atoms with Crippen LogP contribution >= 0.6 is 0 Å². The van der Waals surface area contributed by atoms with Crippen LogP contribution in [0.3, 0.4) is 0 Å². The molecule has 0 aromatic heterocycles. The van der Waals surface area contributed by atoms with Gasteiger partial charge >= 0.3 is 6.09 Å². The van der Waals surface area contributed by atoms with Crippen molar-refractivity contribution in [1.29, 1.82) is 0 Å². The van der Waals surface area contributed by atoms with Crippen molar-refractivity contribution in [3.05, 3.63) is 30.3 Å². The summed E-state index contributed by atoms with van der Waals surface area (Å²) >= 11 is 0. The summed E-state index contributed by atoms with van der Waals surface area (Å²) in [6, 6.07) is 8.62. The van der Waals surface area contributed by atoms with Crippen LogP contribution in [0.1, 0.15) is 0 Å². The zero-order valence-electron chi connectivity index (χ0n) is 12.7. The van der Waals surface area contributed by atoms with Crippen LogP contribution in [0.15, 0.2) is 30.3 Å². The van der Waals surface area contributed by atoms with E-state index in [1.54, 1.807) is 24.3 Å². The summed E-state index contributed by atoms with van der Waals surface area (Å²) in [5.41, 5.74) is 0.612. The lowest BCUT2D eigenvalue weighted by atomic mass is 10.1. The van der Waals surface area contributed by atoms with E-state index < -0.39 is 22.0 Å². The summed E-state index contributed by atoms with van der Waals surface area (Å²) in [7, 11) is -3.20. The minimum atomic E-state index is -3.20. The third kappa shape index (κ3) is 4.21. The molecule has 1 aromatic rings. The number of nitrogens with one attached hydrogen (secondary N) is 1. The van der Waals surface area contributed by atoms with Crippen LogP contribution in [0, 0.1) is 0 Å². The molecule has 0 bridgehead atoms. The number of carbonyl (C=O) groups is 1. The average molecular weight is 340 g/mol. The molecule has 2 saturated heterocycles. The number of carbonyl (C=O) groups excluding carboxylic acids is 1. The third-order valence-electron chi connectivity index (χ3n) is 4.07. The molecule has 2 fully saturated rings. The van der Waals surface area contributed by atoms with Crippen molar-refractivity contribution in [2.24, 2.45) is 0 Å². The van der Waals surface area contributed by atoms with Crippen molar-refractivity contribution in [3.8, 4) is 0 Å². The van der Waals surface area contributed by atoms with Crippen LogP contribution in [0.2, 0.25) is 0 Å². The Morgan fingerprint density at radius 3 is 2.57 bits per heavy atom. The molecule has 2 heterocycles. The Balaban J connectivity index is 1.65. The van der Waals surface area contributed by atoms with E-state index >= 15 is 0 Å². The van der Waals surface area contributed by atoms with Gasteiger partial charge in [-0.05, 0) is 12.1 Å². The summed E-state index contributed by atoms with van der Waals surface area (Å²) in [6.07, 6.45) is -1.28. The van der Waals surface area contributed by atoms with Gasteiger partial charge in [-0.3, -0.25) is 10.2 Å². The number of nitrogens with zero attached hydrogens (tertiary/aromatic N) is 1. The normalized spacial score (nSPS) is 27.5. The molecule has 0 radical (unpaired) electrons. The largest absolute Gasteiger partial charge is 0.443 e. The molecule has 0 aliphatic carbocycles. The highest BCUT2D eigenvalue weighted by Crippen LogP contribution is 2.23. The SMILES string of the molecule is O=C(Nc1ccccc1)O[C@@H]1CS(=O)(=O)C[C@@H]1N1CCOCC1. The Hall–Kier alpha value is -1.64. The zero-order valence-corrected chi connectivity index (χ0v) is 13.5. The van der Waals surface area contributed by atoms with Gasteiger partial charge in [0, 0.05) is 18.8 Å². The molecule has 7 nitrogen and oxygen atoms in total. The van der Waals surface area contributed by atoms with Gasteiger partial charge in [-0.25, -0.2) is 13.2 Å². The van der Waals surface area contributed by atoms with E-state index in [4.69, 9.17) is 9.47 Å². The molecule has 1 aromatic carbocycles. The number of benzene rings is 1. The van der Waals surface area contributed by atoms with E-state index in [2.05, 4.69) is 5.32 Å². The van der Waals surface area contributed by atoms with Gasteiger partial charge in [0.1, 0.15) is 6.10 Å². The molecule has 2 aliphatic rings. The molecular formula is C15H20N2O5S. The van der Waals surface area contributed by atoms with Crippen molar-refractivity contribution < 1.29 is 22.7 Å². The maximum Gasteiger partial charge on any atom is 0.411 e. The fraction of sp³-hybridized carbons (Fsp3) is 0.533. The quantitative estimate of drug-likeness (QED) is 0.873. The minimum Gasteiger partial charge on any atom is -0.443 e. The van der Waals surface area contributed by atoms with Crippen molar-refractivity contribution in [2.45, 2.75) is 12.1 Å². The highest BCUT2D eigenvalue weighted by Gasteiger charge is 2.43. The number of rotatable bonds is 3. The van der Waals surface area contributed by atoms with Crippen molar-refractivity contribution in [1.82, 2.24) is 4.90 Å². The standard InChI is InChI=1S/C15H20N2O5S/c18-15(16-12-4-2-1-3-5-12)22-14-11-23(19,20)10-13(14)17-6-8-21-9-7-17/h1-5,13-14H,6-11H2,(H,16,18)/t13-,14+/m0/s1. The van der Waals surface area contributed by atoms with Crippen LogP contribution in [-0.4, -0.2) is 69.4 Å². The fourth-order valence-electron chi connectivity index (χ4n) is 2.97. The van der Waals surface area contributed by atoms with E-state index in [-0.39, 0.29) is 17.5 Å². The average Bonchev–Trinajstić information content (AvgIpc) is 2.83. The molecule has 3 rings (SSSR count). The Kier molecular flexibility index (Phi) is 4.84. The van der Waals surface area contributed by atoms with Crippen LogP contribution in [0.25, 0.3) is 0 Å². The van der Waals surface area contributed by atoms with Gasteiger partial charge < -0.3 is 9.47 Å². The Morgan fingerprint density at radius 1 is 1.17 bits per heavy atom. The molecule has 0 unspecified atom stereocenters. The smallest absolute Gasteiger partial charge is 0.411 e. The second-order valence-corrected chi connectivity index (χ2v) is 7.88. The molecule has 1 N–H and O–H groups in total. The number of anilines is 1. The van der Waals surface area contributed by atoms with Gasteiger partial charge in [-0.1, -0.05) is 18.2 Å². The number of sulfone groups is 1. The lowest BCUT2D eigenvalue weighted by Crippen LogP contribution is -2.50. The third-order valence-corrected chi connectivity index (χ3v) is 5.75. The summed E-state index contributed by atoms with van der Waals surface area (Å²) in [5, 5.41) is 2.62. The highest BCUT2D eigenvalue weighted by molar-refractivity contribution is 7.91. The van der Waals surface area contributed by atoms with Gasteiger partial charge in [0.05, 0.1) is 30.8 Å². The van der Waals surface area contributed by atoms with Crippen molar-refractivity contribution >= 4 is 21.6 Å². The van der Waals surface area contributed by atoms with E-state index in [0.29, 0.717) is 32.0 Å². The van der Waals surface area contributed by atoms with Gasteiger partial charge in [0.15, 0.2) is 9.84 Å². The van der Waals surface area contributed by atoms with Gasteiger partial charge in [-0.15, -0.1) is 0 Å². The van der Waals surface area contributed by atoms with Gasteiger partial charge in [0.2, 0.25) is 0 Å². The van der Waals surface area contributed by atoms with Crippen LogP contribution in [-0.2, 0) is 19.3 Å². The molecule has 0 saturated carbocycles. The number of para-hydroxylation sites is 1. The molecule has 8 heteroatoms. The Morgan fingerprint density at radius 2 is 1.87 bits per heavy atom. The van der Waals surface area contributed by atoms with Crippen LogP contribution in [0.4, 0.5) is 10.5 Å². The molecule has 1 amide bonds. The number of hydrogen-bond acceptors (Lipinski definition) is 6. The fourth-order valence-corrected chi connectivity index (χ4v) is 4.84. The number of amides is 1. The maximum absolute atomic E-state index is 12.0. The Labute approximate surface area is 135 Å². The molecule has 2 aliphatic heterocycles. The van der Waals surface area contributed by atoms with E-state index in [9.17, 15) is 13.2 Å². The van der Waals surface area contributed by atoms with E-state index in [1.807, 2.05) is 11.0 Å². The Bertz CT molecular complexity index is 643. The number of hydrogen-bond donors (Lipinski definition) is 1. The topological polar surface area (TPSA) is 84.9 Å². The monoisotopic (exact) mass is 340 g/mol. The number of morpholine rings is 1. The molecule has 2 atom stereocenters. The predicted molar refractivity (Wildman–Crippen MR) is 85.2 cm³/mol. The predicted octanol–water partition coefficient (Wildman–Crippen LogP) is 0.733. The first-order chi connectivity index (χ1) is 11.0.